The van der Waals surface area contributed by atoms with E-state index >= 15 is 0 Å². The first-order valence-corrected chi connectivity index (χ1v) is 7.22. The van der Waals surface area contributed by atoms with Gasteiger partial charge in [-0.3, -0.25) is 4.79 Å². The second kappa shape index (κ2) is 5.66. The molecule has 84 valence electrons. The van der Waals surface area contributed by atoms with Gasteiger partial charge in [-0.2, -0.15) is 0 Å². The van der Waals surface area contributed by atoms with Crippen LogP contribution in [0.2, 0.25) is 0 Å². The summed E-state index contributed by atoms with van der Waals surface area (Å²) >= 11 is 3.42. The number of ether oxygens (including phenoxy) is 1. The molecular formula is C11H16O2S2. The quantitative estimate of drug-likeness (QED) is 0.561. The maximum absolute atomic E-state index is 11.4. The standard InChI is InChI=1S/C11H16O2S2/c1-11(7-8-13-10(11)12)6-4-5-9(14-2)15-3/h4-6H,7-8H2,1-3H3/b6-4+. The minimum Gasteiger partial charge on any atom is -0.465 e. The van der Waals surface area contributed by atoms with E-state index in [2.05, 4.69) is 0 Å². The highest BCUT2D eigenvalue weighted by Gasteiger charge is 2.37. The van der Waals surface area contributed by atoms with E-state index in [0.29, 0.717) is 6.61 Å². The van der Waals surface area contributed by atoms with E-state index < -0.39 is 5.41 Å². The summed E-state index contributed by atoms with van der Waals surface area (Å²) in [5, 5.41) is 0. The maximum atomic E-state index is 11.4. The highest BCUT2D eigenvalue weighted by atomic mass is 32.2. The van der Waals surface area contributed by atoms with Crippen molar-refractivity contribution in [1.82, 2.24) is 0 Å². The largest absolute Gasteiger partial charge is 0.465 e. The molecule has 1 rings (SSSR count). The average molecular weight is 244 g/mol. The first-order chi connectivity index (χ1) is 7.12. The number of carbonyl (C=O) groups excluding carboxylic acids is 1. The van der Waals surface area contributed by atoms with Crippen LogP contribution in [0.5, 0.6) is 0 Å². The SMILES string of the molecule is CSC(=C/C=C/C1(C)CCOC1=O)SC. The van der Waals surface area contributed by atoms with Gasteiger partial charge in [-0.15, -0.1) is 23.5 Å². The number of hydrogen-bond donors (Lipinski definition) is 0. The van der Waals surface area contributed by atoms with Crippen LogP contribution < -0.4 is 0 Å². The second-order valence-electron chi connectivity index (χ2n) is 3.56. The number of thioether (sulfide) groups is 2. The molecule has 0 aromatic heterocycles. The van der Waals surface area contributed by atoms with Gasteiger partial charge >= 0.3 is 5.97 Å². The van der Waals surface area contributed by atoms with Crippen LogP contribution in [0.1, 0.15) is 13.3 Å². The van der Waals surface area contributed by atoms with Crippen molar-refractivity contribution in [3.8, 4) is 0 Å². The molecule has 1 aliphatic heterocycles. The normalized spacial score (nSPS) is 25.7. The number of esters is 1. The van der Waals surface area contributed by atoms with Crippen LogP contribution in [0, 0.1) is 5.41 Å². The predicted molar refractivity (Wildman–Crippen MR) is 67.9 cm³/mol. The van der Waals surface area contributed by atoms with E-state index in [9.17, 15) is 4.79 Å². The summed E-state index contributed by atoms with van der Waals surface area (Å²) < 4.78 is 6.19. The van der Waals surface area contributed by atoms with Crippen LogP contribution >= 0.6 is 23.5 Å². The van der Waals surface area contributed by atoms with E-state index in [0.717, 1.165) is 6.42 Å². The smallest absolute Gasteiger partial charge is 0.315 e. The van der Waals surface area contributed by atoms with E-state index in [4.69, 9.17) is 4.74 Å². The van der Waals surface area contributed by atoms with Crippen LogP contribution in [0.3, 0.4) is 0 Å². The van der Waals surface area contributed by atoms with Crippen molar-refractivity contribution in [2.24, 2.45) is 5.41 Å². The van der Waals surface area contributed by atoms with Gasteiger partial charge in [0.15, 0.2) is 0 Å². The Kier molecular flexibility index (Phi) is 4.80. The molecule has 0 aromatic carbocycles. The van der Waals surface area contributed by atoms with Gasteiger partial charge in [0.1, 0.15) is 0 Å². The first kappa shape index (κ1) is 12.7. The molecule has 0 N–H and O–H groups in total. The number of allylic oxidation sites excluding steroid dienone is 2. The average Bonchev–Trinajstić information content (AvgIpc) is 2.55. The molecule has 1 atom stereocenters. The predicted octanol–water partition coefficient (Wildman–Crippen LogP) is 3.06. The summed E-state index contributed by atoms with van der Waals surface area (Å²) in [4.78, 5) is 11.4. The fraction of sp³-hybridized carbons (Fsp3) is 0.545. The van der Waals surface area contributed by atoms with Crippen molar-refractivity contribution in [2.75, 3.05) is 19.1 Å². The Labute approximate surface area is 99.5 Å². The Balaban J connectivity index is 2.64. The van der Waals surface area contributed by atoms with Gasteiger partial charge in [0, 0.05) is 10.7 Å². The second-order valence-corrected chi connectivity index (χ2v) is 5.51. The lowest BCUT2D eigenvalue weighted by molar-refractivity contribution is -0.143. The summed E-state index contributed by atoms with van der Waals surface area (Å²) in [6.45, 7) is 2.46. The molecule has 1 fully saturated rings. The van der Waals surface area contributed by atoms with Gasteiger partial charge < -0.3 is 4.74 Å². The maximum Gasteiger partial charge on any atom is 0.315 e. The Hall–Kier alpha value is -0.350. The molecule has 1 unspecified atom stereocenters. The van der Waals surface area contributed by atoms with E-state index in [1.807, 2.05) is 37.7 Å². The van der Waals surface area contributed by atoms with E-state index in [-0.39, 0.29) is 5.97 Å². The molecular weight excluding hydrogens is 228 g/mol. The third-order valence-electron chi connectivity index (χ3n) is 2.42. The molecule has 0 bridgehead atoms. The molecule has 1 heterocycles. The number of hydrogen-bond acceptors (Lipinski definition) is 4. The molecule has 0 amide bonds. The monoisotopic (exact) mass is 244 g/mol. The summed E-state index contributed by atoms with van der Waals surface area (Å²) in [5.41, 5.74) is -0.418. The zero-order valence-electron chi connectivity index (χ0n) is 9.28. The lowest BCUT2D eigenvalue weighted by Gasteiger charge is -2.11. The summed E-state index contributed by atoms with van der Waals surface area (Å²) in [7, 11) is 0. The summed E-state index contributed by atoms with van der Waals surface area (Å²) in [6.07, 6.45) is 10.8. The Morgan fingerprint density at radius 2 is 2.13 bits per heavy atom. The molecule has 2 nitrogen and oxygen atoms in total. The molecule has 1 saturated heterocycles. The van der Waals surface area contributed by atoms with Gasteiger partial charge in [-0.25, -0.2) is 0 Å². The minimum atomic E-state index is -0.418. The van der Waals surface area contributed by atoms with Crippen LogP contribution in [0.4, 0.5) is 0 Å². The first-order valence-electron chi connectivity index (χ1n) is 4.77. The van der Waals surface area contributed by atoms with Crippen molar-refractivity contribution in [1.29, 1.82) is 0 Å². The summed E-state index contributed by atoms with van der Waals surface area (Å²) in [6, 6.07) is 0. The van der Waals surface area contributed by atoms with E-state index in [1.165, 1.54) is 4.24 Å². The van der Waals surface area contributed by atoms with Gasteiger partial charge in [-0.1, -0.05) is 12.2 Å². The van der Waals surface area contributed by atoms with Crippen molar-refractivity contribution >= 4 is 29.5 Å². The van der Waals surface area contributed by atoms with E-state index in [1.54, 1.807) is 23.5 Å². The van der Waals surface area contributed by atoms with Crippen molar-refractivity contribution in [3.05, 3.63) is 22.5 Å². The molecule has 4 heteroatoms. The Bertz CT molecular complexity index is 291. The molecule has 0 spiro atoms. The molecule has 1 aliphatic rings. The molecule has 0 radical (unpaired) electrons. The highest BCUT2D eigenvalue weighted by Crippen LogP contribution is 2.31. The third kappa shape index (κ3) is 3.31. The highest BCUT2D eigenvalue weighted by molar-refractivity contribution is 8.21. The minimum absolute atomic E-state index is 0.109. The lowest BCUT2D eigenvalue weighted by atomic mass is 9.89. The van der Waals surface area contributed by atoms with Crippen LogP contribution in [0.15, 0.2) is 22.5 Å². The zero-order valence-corrected chi connectivity index (χ0v) is 10.9. The number of carbonyl (C=O) groups is 1. The van der Waals surface area contributed by atoms with Crippen LogP contribution in [-0.2, 0) is 9.53 Å². The van der Waals surface area contributed by atoms with Gasteiger partial charge in [0.05, 0.1) is 12.0 Å². The molecule has 0 aromatic rings. The zero-order chi connectivity index (χ0) is 11.3. The van der Waals surface area contributed by atoms with Gasteiger partial charge in [-0.05, 0) is 25.5 Å². The van der Waals surface area contributed by atoms with Crippen LogP contribution in [0.25, 0.3) is 0 Å². The third-order valence-corrected chi connectivity index (χ3v) is 4.50. The van der Waals surface area contributed by atoms with Gasteiger partial charge in [0.25, 0.3) is 0 Å². The number of cyclic esters (lactones) is 1. The van der Waals surface area contributed by atoms with Crippen LogP contribution in [-0.4, -0.2) is 25.1 Å². The number of rotatable bonds is 4. The summed E-state index contributed by atoms with van der Waals surface area (Å²) in [5.74, 6) is -0.109. The molecule has 0 aliphatic carbocycles. The molecule has 0 saturated carbocycles. The molecule has 15 heavy (non-hydrogen) atoms. The Morgan fingerprint density at radius 1 is 1.47 bits per heavy atom. The lowest BCUT2D eigenvalue weighted by Crippen LogP contribution is -2.18. The topological polar surface area (TPSA) is 26.3 Å². The fourth-order valence-electron chi connectivity index (χ4n) is 1.33. The van der Waals surface area contributed by atoms with Crippen molar-refractivity contribution in [2.45, 2.75) is 13.3 Å². The Morgan fingerprint density at radius 3 is 2.60 bits per heavy atom. The van der Waals surface area contributed by atoms with Crippen molar-refractivity contribution in [3.63, 3.8) is 0 Å². The fourth-order valence-corrected chi connectivity index (χ4v) is 2.43. The van der Waals surface area contributed by atoms with Crippen molar-refractivity contribution < 1.29 is 9.53 Å². The van der Waals surface area contributed by atoms with Gasteiger partial charge in [0.2, 0.25) is 0 Å².